The number of ether oxygens (including phenoxy) is 1. The second-order valence-corrected chi connectivity index (χ2v) is 10.1. The summed E-state index contributed by atoms with van der Waals surface area (Å²) < 4.78 is 33.8. The first-order chi connectivity index (χ1) is 16.8. The molecule has 0 heterocycles. The number of carbonyl (C=O) groups is 1. The molecule has 4 aromatic rings. The number of para-hydroxylation sites is 1. The number of rotatable bonds is 8. The minimum atomic E-state index is -4.07. The first-order valence-electron chi connectivity index (χ1n) is 10.5. The Balaban J connectivity index is 1.64. The van der Waals surface area contributed by atoms with Crippen molar-refractivity contribution in [1.29, 1.82) is 0 Å². The lowest BCUT2D eigenvalue weighted by Gasteiger charge is -2.24. The third-order valence-corrected chi connectivity index (χ3v) is 7.16. The molecule has 178 valence electrons. The molecule has 1 N–H and O–H groups in total. The summed E-state index contributed by atoms with van der Waals surface area (Å²) in [6.45, 7) is -0.505. The highest BCUT2D eigenvalue weighted by Gasteiger charge is 2.27. The lowest BCUT2D eigenvalue weighted by atomic mass is 10.2. The topological polar surface area (TPSA) is 75.7 Å². The van der Waals surface area contributed by atoms with Gasteiger partial charge in [0.05, 0.1) is 16.3 Å². The quantitative estimate of drug-likeness (QED) is 0.280. The number of hydrogen-bond acceptors (Lipinski definition) is 4. The van der Waals surface area contributed by atoms with Crippen molar-refractivity contribution in [3.05, 3.63) is 113 Å². The van der Waals surface area contributed by atoms with Crippen LogP contribution in [0, 0.1) is 0 Å². The van der Waals surface area contributed by atoms with Crippen LogP contribution in [0.4, 0.5) is 11.4 Å². The Bertz CT molecular complexity index is 1430. The van der Waals surface area contributed by atoms with Gasteiger partial charge >= 0.3 is 0 Å². The Labute approximate surface area is 213 Å². The summed E-state index contributed by atoms with van der Waals surface area (Å²) >= 11 is 12.3. The fraction of sp³-hybridized carbons (Fsp3) is 0.0385. The first kappa shape index (κ1) is 24.6. The normalized spacial score (nSPS) is 11.0. The summed E-state index contributed by atoms with van der Waals surface area (Å²) in [5.74, 6) is 0.330. The van der Waals surface area contributed by atoms with E-state index in [-0.39, 0.29) is 10.6 Å². The number of anilines is 2. The highest BCUT2D eigenvalue weighted by molar-refractivity contribution is 7.92. The maximum atomic E-state index is 13.5. The molecule has 0 fully saturated rings. The van der Waals surface area contributed by atoms with Crippen molar-refractivity contribution in [2.24, 2.45) is 0 Å². The summed E-state index contributed by atoms with van der Waals surface area (Å²) in [6, 6.07) is 28.0. The Morgan fingerprint density at radius 3 is 2.14 bits per heavy atom. The monoisotopic (exact) mass is 526 g/mol. The van der Waals surface area contributed by atoms with Crippen molar-refractivity contribution in [3.63, 3.8) is 0 Å². The number of benzene rings is 4. The third kappa shape index (κ3) is 6.14. The van der Waals surface area contributed by atoms with E-state index in [0.29, 0.717) is 27.2 Å². The van der Waals surface area contributed by atoms with E-state index in [9.17, 15) is 13.2 Å². The van der Waals surface area contributed by atoms with Gasteiger partial charge in [0.25, 0.3) is 10.0 Å². The zero-order valence-electron chi connectivity index (χ0n) is 18.3. The van der Waals surface area contributed by atoms with Crippen molar-refractivity contribution in [2.45, 2.75) is 4.90 Å². The molecule has 6 nitrogen and oxygen atoms in total. The number of halogens is 2. The number of hydrogen-bond donors (Lipinski definition) is 1. The molecule has 0 bridgehead atoms. The van der Waals surface area contributed by atoms with Gasteiger partial charge in [0.1, 0.15) is 12.3 Å². The molecule has 4 aromatic carbocycles. The molecule has 4 rings (SSSR count). The first-order valence-corrected chi connectivity index (χ1v) is 12.7. The fourth-order valence-electron chi connectivity index (χ4n) is 3.29. The van der Waals surface area contributed by atoms with Gasteiger partial charge in [-0.1, -0.05) is 65.7 Å². The van der Waals surface area contributed by atoms with Crippen LogP contribution in [0.5, 0.6) is 11.5 Å². The van der Waals surface area contributed by atoms with E-state index in [1.807, 2.05) is 18.2 Å². The molecule has 0 atom stereocenters. The van der Waals surface area contributed by atoms with Crippen LogP contribution in [0.25, 0.3) is 0 Å². The Kier molecular flexibility index (Phi) is 7.60. The van der Waals surface area contributed by atoms with Crippen molar-refractivity contribution >= 4 is 50.5 Å². The molecule has 0 aliphatic rings. The van der Waals surface area contributed by atoms with Crippen LogP contribution in [0.3, 0.4) is 0 Å². The van der Waals surface area contributed by atoms with Gasteiger partial charge in [-0.3, -0.25) is 9.10 Å². The van der Waals surface area contributed by atoms with Crippen LogP contribution in [0.2, 0.25) is 10.0 Å². The molecule has 0 radical (unpaired) electrons. The van der Waals surface area contributed by atoms with Gasteiger partial charge in [-0.25, -0.2) is 8.42 Å². The van der Waals surface area contributed by atoms with Gasteiger partial charge in [0.2, 0.25) is 5.91 Å². The fourth-order valence-corrected chi connectivity index (χ4v) is 5.08. The lowest BCUT2D eigenvalue weighted by molar-refractivity contribution is -0.114. The second kappa shape index (κ2) is 10.8. The summed E-state index contributed by atoms with van der Waals surface area (Å²) in [5, 5.41) is 3.44. The van der Waals surface area contributed by atoms with Crippen LogP contribution >= 0.6 is 23.2 Å². The molecular formula is C26H20Cl2N2O4S. The van der Waals surface area contributed by atoms with Crippen LogP contribution in [0.15, 0.2) is 108 Å². The Morgan fingerprint density at radius 2 is 1.46 bits per heavy atom. The van der Waals surface area contributed by atoms with E-state index in [0.717, 1.165) is 4.31 Å². The Hall–Kier alpha value is -3.52. The number of amides is 1. The molecule has 9 heteroatoms. The molecule has 0 aliphatic carbocycles. The third-order valence-electron chi connectivity index (χ3n) is 4.90. The number of nitrogens with zero attached hydrogens (tertiary/aromatic N) is 1. The summed E-state index contributed by atoms with van der Waals surface area (Å²) in [7, 11) is -4.07. The predicted octanol–water partition coefficient (Wildman–Crippen LogP) is 6.62. The van der Waals surface area contributed by atoms with Gasteiger partial charge in [-0.15, -0.1) is 0 Å². The molecule has 35 heavy (non-hydrogen) atoms. The van der Waals surface area contributed by atoms with Crippen molar-refractivity contribution in [2.75, 3.05) is 16.2 Å². The second-order valence-electron chi connectivity index (χ2n) is 7.41. The standard InChI is InChI=1S/C26H20Cl2N2O4S/c27-19-8-7-9-21(16-19)30(35(32,33)23-12-5-2-6-13-23)18-26(31)29-24-17-20(28)14-15-25(24)34-22-10-3-1-4-11-22/h1-17H,18H2,(H,29,31). The van der Waals surface area contributed by atoms with Crippen molar-refractivity contribution in [3.8, 4) is 11.5 Å². The molecule has 0 aromatic heterocycles. The highest BCUT2D eigenvalue weighted by Crippen LogP contribution is 2.32. The number of sulfonamides is 1. The molecular weight excluding hydrogens is 507 g/mol. The van der Waals surface area contributed by atoms with E-state index in [1.54, 1.807) is 60.7 Å². The van der Waals surface area contributed by atoms with Crippen LogP contribution < -0.4 is 14.4 Å². The lowest BCUT2D eigenvalue weighted by Crippen LogP contribution is -2.38. The van der Waals surface area contributed by atoms with Crippen LogP contribution in [-0.2, 0) is 14.8 Å². The van der Waals surface area contributed by atoms with Crippen LogP contribution in [0.1, 0.15) is 0 Å². The van der Waals surface area contributed by atoms with Gasteiger partial charge in [0.15, 0.2) is 5.75 Å². The zero-order valence-corrected chi connectivity index (χ0v) is 20.6. The van der Waals surface area contributed by atoms with Crippen molar-refractivity contribution in [1.82, 2.24) is 0 Å². The minimum Gasteiger partial charge on any atom is -0.455 e. The van der Waals surface area contributed by atoms with E-state index < -0.39 is 22.5 Å². The average molecular weight is 527 g/mol. The van der Waals surface area contributed by atoms with Gasteiger partial charge in [0, 0.05) is 10.0 Å². The maximum absolute atomic E-state index is 13.5. The molecule has 0 spiro atoms. The number of nitrogens with one attached hydrogen (secondary N) is 1. The molecule has 0 saturated heterocycles. The van der Waals surface area contributed by atoms with Crippen LogP contribution in [-0.4, -0.2) is 20.9 Å². The molecule has 0 saturated carbocycles. The highest BCUT2D eigenvalue weighted by atomic mass is 35.5. The largest absolute Gasteiger partial charge is 0.455 e. The van der Waals surface area contributed by atoms with E-state index in [4.69, 9.17) is 27.9 Å². The van der Waals surface area contributed by atoms with E-state index in [1.165, 1.54) is 24.3 Å². The average Bonchev–Trinajstić information content (AvgIpc) is 2.85. The summed E-state index contributed by atoms with van der Waals surface area (Å²) in [4.78, 5) is 13.2. The van der Waals surface area contributed by atoms with E-state index in [2.05, 4.69) is 5.32 Å². The summed E-state index contributed by atoms with van der Waals surface area (Å²) in [6.07, 6.45) is 0. The van der Waals surface area contributed by atoms with Gasteiger partial charge < -0.3 is 10.1 Å². The zero-order chi connectivity index (χ0) is 24.8. The predicted molar refractivity (Wildman–Crippen MR) is 139 cm³/mol. The maximum Gasteiger partial charge on any atom is 0.264 e. The van der Waals surface area contributed by atoms with E-state index >= 15 is 0 Å². The smallest absolute Gasteiger partial charge is 0.264 e. The van der Waals surface area contributed by atoms with Crippen molar-refractivity contribution < 1.29 is 17.9 Å². The molecule has 0 unspecified atom stereocenters. The minimum absolute atomic E-state index is 0.0450. The number of carbonyl (C=O) groups excluding carboxylic acids is 1. The van der Waals surface area contributed by atoms with Gasteiger partial charge in [-0.05, 0) is 60.7 Å². The SMILES string of the molecule is O=C(CN(c1cccc(Cl)c1)S(=O)(=O)c1ccccc1)Nc1cc(Cl)ccc1Oc1ccccc1. The Morgan fingerprint density at radius 1 is 0.800 bits per heavy atom. The summed E-state index contributed by atoms with van der Waals surface area (Å²) in [5.41, 5.74) is 0.554. The van der Waals surface area contributed by atoms with Gasteiger partial charge in [-0.2, -0.15) is 0 Å². The molecule has 0 aliphatic heterocycles. The molecule has 1 amide bonds.